The van der Waals surface area contributed by atoms with Gasteiger partial charge in [0.1, 0.15) is 16.3 Å². The lowest BCUT2D eigenvalue weighted by Gasteiger charge is -2.08. The monoisotopic (exact) mass is 398 g/mol. The number of aromatic nitrogens is 1. The number of nitrogens with zero attached hydrogens (tertiary/aromatic N) is 1. The van der Waals surface area contributed by atoms with Crippen LogP contribution >= 0.6 is 27.3 Å². The zero-order chi connectivity index (χ0) is 15.8. The number of aromatic carboxylic acids is 1. The van der Waals surface area contributed by atoms with Crippen molar-refractivity contribution in [3.05, 3.63) is 39.3 Å². The van der Waals surface area contributed by atoms with Crippen LogP contribution in [0.1, 0.15) is 10.4 Å². The molecule has 11 heteroatoms. The lowest BCUT2D eigenvalue weighted by molar-refractivity contribution is 0.0685. The van der Waals surface area contributed by atoms with E-state index in [1.54, 1.807) is 0 Å². The van der Waals surface area contributed by atoms with Crippen molar-refractivity contribution in [3.8, 4) is 0 Å². The van der Waals surface area contributed by atoms with Crippen LogP contribution in [-0.4, -0.2) is 24.5 Å². The normalized spacial score (nSPS) is 11.4. The summed E-state index contributed by atoms with van der Waals surface area (Å²) in [5.74, 6) is -4.94. The van der Waals surface area contributed by atoms with Gasteiger partial charge in [0.15, 0.2) is 10.9 Å². The van der Waals surface area contributed by atoms with Crippen LogP contribution in [-0.2, 0) is 10.0 Å². The van der Waals surface area contributed by atoms with Gasteiger partial charge in [0.05, 0.1) is 9.98 Å². The molecule has 0 saturated carbocycles. The lowest BCUT2D eigenvalue weighted by atomic mass is 10.2. The van der Waals surface area contributed by atoms with Crippen molar-refractivity contribution in [2.45, 2.75) is 4.90 Å². The molecule has 2 N–H and O–H groups in total. The largest absolute Gasteiger partial charge is 0.477 e. The van der Waals surface area contributed by atoms with Gasteiger partial charge < -0.3 is 5.11 Å². The second-order valence-corrected chi connectivity index (χ2v) is 7.68. The average Bonchev–Trinajstić information content (AvgIpc) is 2.72. The third-order valence-electron chi connectivity index (χ3n) is 2.26. The number of hydrogen-bond acceptors (Lipinski definition) is 5. The number of carbonyl (C=O) groups is 1. The van der Waals surface area contributed by atoms with Gasteiger partial charge in [-0.2, -0.15) is 0 Å². The molecule has 6 nitrogen and oxygen atoms in total. The maximum atomic E-state index is 13.9. The summed E-state index contributed by atoms with van der Waals surface area (Å²) in [6.45, 7) is 0. The number of thiazole rings is 1. The SMILES string of the molecule is O=C(O)c1c(F)ccc(S(=O)(=O)Nc2ncc(Br)s2)c1F. The molecule has 2 rings (SSSR count). The fraction of sp³-hybridized carbons (Fsp3) is 0. The molecule has 1 heterocycles. The third kappa shape index (κ3) is 3.19. The molecule has 0 aliphatic carbocycles. The summed E-state index contributed by atoms with van der Waals surface area (Å²) in [7, 11) is -4.43. The molecule has 0 atom stereocenters. The first-order valence-electron chi connectivity index (χ1n) is 5.08. The highest BCUT2D eigenvalue weighted by atomic mass is 79.9. The molecule has 112 valence electrons. The summed E-state index contributed by atoms with van der Waals surface area (Å²) < 4.78 is 53.7. The van der Waals surface area contributed by atoms with Gasteiger partial charge in [-0.05, 0) is 28.1 Å². The minimum atomic E-state index is -4.43. The van der Waals surface area contributed by atoms with E-state index >= 15 is 0 Å². The Bertz CT molecular complexity index is 822. The van der Waals surface area contributed by atoms with Crippen LogP contribution in [0.3, 0.4) is 0 Å². The molecule has 1 aromatic heterocycles. The van der Waals surface area contributed by atoms with Crippen molar-refractivity contribution in [2.75, 3.05) is 4.72 Å². The van der Waals surface area contributed by atoms with Crippen LogP contribution in [0.4, 0.5) is 13.9 Å². The second-order valence-electron chi connectivity index (χ2n) is 3.61. The Hall–Kier alpha value is -1.59. The number of nitrogens with one attached hydrogen (secondary N) is 1. The van der Waals surface area contributed by atoms with Gasteiger partial charge in [0.25, 0.3) is 10.0 Å². The van der Waals surface area contributed by atoms with Gasteiger partial charge in [-0.15, -0.1) is 0 Å². The van der Waals surface area contributed by atoms with Crippen LogP contribution in [0.25, 0.3) is 0 Å². The molecule has 0 spiro atoms. The van der Waals surface area contributed by atoms with Crippen LogP contribution < -0.4 is 4.72 Å². The Morgan fingerprint density at radius 3 is 2.57 bits per heavy atom. The fourth-order valence-corrected chi connectivity index (χ4v) is 3.84. The Kier molecular flexibility index (Phi) is 4.25. The van der Waals surface area contributed by atoms with Gasteiger partial charge in [-0.3, -0.25) is 4.72 Å². The lowest BCUT2D eigenvalue weighted by Crippen LogP contribution is -2.17. The van der Waals surface area contributed by atoms with Gasteiger partial charge in [0.2, 0.25) is 0 Å². The number of sulfonamides is 1. The van der Waals surface area contributed by atoms with E-state index in [1.807, 2.05) is 4.72 Å². The molecule has 21 heavy (non-hydrogen) atoms. The molecule has 0 amide bonds. The zero-order valence-electron chi connectivity index (χ0n) is 9.80. The highest BCUT2D eigenvalue weighted by Crippen LogP contribution is 2.27. The Morgan fingerprint density at radius 2 is 2.05 bits per heavy atom. The summed E-state index contributed by atoms with van der Waals surface area (Å²) in [5.41, 5.74) is -1.34. The second kappa shape index (κ2) is 5.66. The highest BCUT2D eigenvalue weighted by Gasteiger charge is 2.27. The molecule has 0 radical (unpaired) electrons. The van der Waals surface area contributed by atoms with E-state index in [9.17, 15) is 22.0 Å². The average molecular weight is 399 g/mol. The van der Waals surface area contributed by atoms with E-state index in [0.717, 1.165) is 11.3 Å². The number of benzene rings is 1. The molecular formula is C10H5BrF2N2O4S2. The molecule has 0 fully saturated rings. The minimum absolute atomic E-state index is 0.0533. The molecule has 0 unspecified atom stereocenters. The molecular weight excluding hydrogens is 394 g/mol. The Morgan fingerprint density at radius 1 is 1.38 bits per heavy atom. The van der Waals surface area contributed by atoms with Gasteiger partial charge in [0, 0.05) is 0 Å². The summed E-state index contributed by atoms with van der Waals surface area (Å²) >= 11 is 4.00. The number of carboxylic acid groups (broad SMARTS) is 1. The first-order valence-corrected chi connectivity index (χ1v) is 8.17. The van der Waals surface area contributed by atoms with E-state index in [1.165, 1.54) is 6.20 Å². The number of rotatable bonds is 4. The smallest absolute Gasteiger partial charge is 0.341 e. The van der Waals surface area contributed by atoms with E-state index in [4.69, 9.17) is 5.11 Å². The molecule has 0 aliphatic heterocycles. The first-order chi connectivity index (χ1) is 9.72. The van der Waals surface area contributed by atoms with Gasteiger partial charge in [-0.1, -0.05) is 11.3 Å². The Balaban J connectivity index is 2.50. The molecule has 1 aromatic carbocycles. The predicted octanol–water partition coefficient (Wildman–Crippen LogP) is 2.68. The molecule has 0 aliphatic rings. The van der Waals surface area contributed by atoms with Gasteiger partial charge >= 0.3 is 5.97 Å². The maximum Gasteiger partial charge on any atom is 0.341 e. The number of hydrogen-bond donors (Lipinski definition) is 2. The number of anilines is 1. The van der Waals surface area contributed by atoms with Crippen molar-refractivity contribution in [2.24, 2.45) is 0 Å². The van der Waals surface area contributed by atoms with E-state index in [-0.39, 0.29) is 5.13 Å². The standard InChI is InChI=1S/C10H5BrF2N2O4S2/c11-6-3-14-10(20-6)15-21(18,19)5-2-1-4(12)7(8(5)13)9(16)17/h1-3H,(H,14,15)(H,16,17). The van der Waals surface area contributed by atoms with Crippen molar-refractivity contribution in [1.29, 1.82) is 0 Å². The predicted molar refractivity (Wildman–Crippen MR) is 73.9 cm³/mol. The van der Waals surface area contributed by atoms with Crippen molar-refractivity contribution in [1.82, 2.24) is 4.98 Å². The van der Waals surface area contributed by atoms with E-state index < -0.39 is 38.1 Å². The van der Waals surface area contributed by atoms with Gasteiger partial charge in [-0.25, -0.2) is 27.0 Å². The summed E-state index contributed by atoms with van der Waals surface area (Å²) in [4.78, 5) is 13.5. The Labute approximate surface area is 129 Å². The third-order valence-corrected chi connectivity index (χ3v) is 5.14. The number of halogens is 3. The fourth-order valence-electron chi connectivity index (χ4n) is 1.41. The summed E-state index contributed by atoms with van der Waals surface area (Å²) in [5, 5.41) is 8.66. The van der Waals surface area contributed by atoms with Crippen molar-refractivity contribution < 1.29 is 27.1 Å². The first kappa shape index (κ1) is 15.8. The van der Waals surface area contributed by atoms with E-state index in [2.05, 4.69) is 20.9 Å². The quantitative estimate of drug-likeness (QED) is 0.824. The van der Waals surface area contributed by atoms with E-state index in [0.29, 0.717) is 15.9 Å². The highest BCUT2D eigenvalue weighted by molar-refractivity contribution is 9.11. The van der Waals surface area contributed by atoms with Crippen molar-refractivity contribution >= 4 is 48.4 Å². The molecule has 0 saturated heterocycles. The summed E-state index contributed by atoms with van der Waals surface area (Å²) in [6.07, 6.45) is 1.33. The number of carboxylic acids is 1. The zero-order valence-corrected chi connectivity index (χ0v) is 13.0. The molecule has 2 aromatic rings. The van der Waals surface area contributed by atoms with Crippen molar-refractivity contribution in [3.63, 3.8) is 0 Å². The topological polar surface area (TPSA) is 96.4 Å². The summed E-state index contributed by atoms with van der Waals surface area (Å²) in [6, 6.07) is 1.21. The van der Waals surface area contributed by atoms with Crippen LogP contribution in [0.15, 0.2) is 27.0 Å². The maximum absolute atomic E-state index is 13.9. The molecule has 0 bridgehead atoms. The minimum Gasteiger partial charge on any atom is -0.477 e. The van der Waals surface area contributed by atoms with Crippen LogP contribution in [0, 0.1) is 11.6 Å². The van der Waals surface area contributed by atoms with Crippen LogP contribution in [0.2, 0.25) is 0 Å². The van der Waals surface area contributed by atoms with Crippen LogP contribution in [0.5, 0.6) is 0 Å².